The van der Waals surface area contributed by atoms with E-state index in [9.17, 15) is 14.4 Å². The molecule has 2 aromatic heterocycles. The van der Waals surface area contributed by atoms with Gasteiger partial charge in [0.15, 0.2) is 5.78 Å². The van der Waals surface area contributed by atoms with E-state index in [0.29, 0.717) is 32.2 Å². The van der Waals surface area contributed by atoms with Gasteiger partial charge < -0.3 is 20.3 Å². The largest absolute Gasteiger partial charge is 0.444 e. The zero-order chi connectivity index (χ0) is 33.7. The highest BCUT2D eigenvalue weighted by molar-refractivity contribution is 7.09. The fourth-order valence-electron chi connectivity index (χ4n) is 5.93. The molecule has 0 aliphatic heterocycles. The molecule has 2 aromatic carbocycles. The summed E-state index contributed by atoms with van der Waals surface area (Å²) in [7, 11) is 0. The van der Waals surface area contributed by atoms with E-state index in [1.165, 1.54) is 22.7 Å². The first-order chi connectivity index (χ1) is 23.3. The number of nitrogens with one attached hydrogen (secondary N) is 2. The Labute approximate surface area is 291 Å². The van der Waals surface area contributed by atoms with E-state index in [2.05, 4.69) is 44.9 Å². The predicted octanol–water partition coefficient (Wildman–Crippen LogP) is 7.43. The monoisotopic (exact) mass is 687 g/mol. The lowest BCUT2D eigenvalue weighted by atomic mass is 9.85. The van der Waals surface area contributed by atoms with Crippen LogP contribution in [0, 0.1) is 11.8 Å². The number of nitrogens with zero attached hydrogens (tertiary/aromatic N) is 3. The number of hydrogen-bond donors (Lipinski definition) is 2. The molecule has 254 valence electrons. The SMILES string of the molecule is CC(C)[C@H](NC(=O)N(Cc1cscn1)C1CC1)C(=O)C[C@H](CC[C@H](Cc1ccccc1)NC(=O)OCc1cncs1)Cc1ccccc1. The van der Waals surface area contributed by atoms with Crippen molar-refractivity contribution in [3.05, 3.63) is 105 Å². The summed E-state index contributed by atoms with van der Waals surface area (Å²) in [5, 5.41) is 8.15. The highest BCUT2D eigenvalue weighted by Crippen LogP contribution is 2.29. The number of ketones is 1. The van der Waals surface area contributed by atoms with Gasteiger partial charge in [-0.2, -0.15) is 0 Å². The van der Waals surface area contributed by atoms with Crippen molar-refractivity contribution >= 4 is 40.6 Å². The molecule has 0 saturated heterocycles. The van der Waals surface area contributed by atoms with E-state index in [1.54, 1.807) is 17.2 Å². The highest BCUT2D eigenvalue weighted by Gasteiger charge is 2.35. The molecular weight excluding hydrogens is 643 g/mol. The van der Waals surface area contributed by atoms with Crippen LogP contribution in [0.1, 0.15) is 67.6 Å². The molecule has 1 aliphatic rings. The van der Waals surface area contributed by atoms with Gasteiger partial charge in [0.1, 0.15) is 6.61 Å². The van der Waals surface area contributed by atoms with Gasteiger partial charge in [0.2, 0.25) is 0 Å². The first-order valence-electron chi connectivity index (χ1n) is 16.7. The van der Waals surface area contributed by atoms with Crippen molar-refractivity contribution in [1.82, 2.24) is 25.5 Å². The van der Waals surface area contributed by atoms with Crippen LogP contribution in [0.15, 0.2) is 83.3 Å². The number of urea groups is 1. The molecular formula is C37H45N5O4S2. The lowest BCUT2D eigenvalue weighted by Gasteiger charge is -2.29. The zero-order valence-electron chi connectivity index (χ0n) is 27.6. The summed E-state index contributed by atoms with van der Waals surface area (Å²) in [5.41, 5.74) is 6.62. The summed E-state index contributed by atoms with van der Waals surface area (Å²) >= 11 is 2.95. The van der Waals surface area contributed by atoms with Gasteiger partial charge in [0, 0.05) is 30.1 Å². The van der Waals surface area contributed by atoms with E-state index >= 15 is 0 Å². The molecule has 3 amide bonds. The van der Waals surface area contributed by atoms with Crippen molar-refractivity contribution in [3.63, 3.8) is 0 Å². The number of ether oxygens (including phenoxy) is 1. The molecule has 1 fully saturated rings. The van der Waals surface area contributed by atoms with Gasteiger partial charge in [0.25, 0.3) is 0 Å². The summed E-state index contributed by atoms with van der Waals surface area (Å²) in [6.45, 7) is 4.57. The summed E-state index contributed by atoms with van der Waals surface area (Å²) in [4.78, 5) is 51.6. The lowest BCUT2D eigenvalue weighted by Crippen LogP contribution is -2.51. The van der Waals surface area contributed by atoms with E-state index in [0.717, 1.165) is 41.0 Å². The average molecular weight is 688 g/mol. The first kappa shape index (κ1) is 35.2. The van der Waals surface area contributed by atoms with Crippen molar-refractivity contribution < 1.29 is 19.1 Å². The second kappa shape index (κ2) is 17.9. The quantitative estimate of drug-likeness (QED) is 0.113. The van der Waals surface area contributed by atoms with Crippen LogP contribution in [0.5, 0.6) is 0 Å². The van der Waals surface area contributed by atoms with Gasteiger partial charge >= 0.3 is 12.1 Å². The third-order valence-electron chi connectivity index (χ3n) is 8.61. The van der Waals surface area contributed by atoms with Crippen molar-refractivity contribution in [2.75, 3.05) is 0 Å². The molecule has 0 unspecified atom stereocenters. The Balaban J connectivity index is 1.26. The average Bonchev–Trinajstić information content (AvgIpc) is 3.52. The summed E-state index contributed by atoms with van der Waals surface area (Å²) in [5.74, 6) is -0.0268. The number of hydrogen-bond acceptors (Lipinski definition) is 8. The fourth-order valence-corrected chi connectivity index (χ4v) is 6.99. The minimum atomic E-state index is -0.604. The molecule has 2 heterocycles. The van der Waals surface area contributed by atoms with Gasteiger partial charge in [-0.05, 0) is 61.5 Å². The van der Waals surface area contributed by atoms with Crippen molar-refractivity contribution in [2.24, 2.45) is 11.8 Å². The number of rotatable bonds is 18. The molecule has 0 spiro atoms. The van der Waals surface area contributed by atoms with Crippen LogP contribution in [-0.4, -0.2) is 50.9 Å². The van der Waals surface area contributed by atoms with Crippen molar-refractivity contribution in [2.45, 2.75) is 90.1 Å². The maximum absolute atomic E-state index is 14.0. The molecule has 5 rings (SSSR count). The van der Waals surface area contributed by atoms with Crippen LogP contribution in [0.4, 0.5) is 9.59 Å². The topological polar surface area (TPSA) is 114 Å². The summed E-state index contributed by atoms with van der Waals surface area (Å²) < 4.78 is 5.51. The molecule has 48 heavy (non-hydrogen) atoms. The molecule has 2 N–H and O–H groups in total. The van der Waals surface area contributed by atoms with Crippen LogP contribution in [-0.2, 0) is 35.5 Å². The third-order valence-corrected chi connectivity index (χ3v) is 10.0. The van der Waals surface area contributed by atoms with Gasteiger partial charge in [0.05, 0.1) is 34.2 Å². The molecule has 0 bridgehead atoms. The molecule has 4 aromatic rings. The normalized spacial score (nSPS) is 14.6. The van der Waals surface area contributed by atoms with E-state index < -0.39 is 12.1 Å². The Morgan fingerprint density at radius 1 is 0.938 bits per heavy atom. The van der Waals surface area contributed by atoms with Crippen LogP contribution >= 0.6 is 22.7 Å². The number of amides is 3. The Morgan fingerprint density at radius 3 is 2.25 bits per heavy atom. The number of alkyl carbamates (subject to hydrolysis) is 1. The second-order valence-corrected chi connectivity index (χ2v) is 14.6. The molecule has 1 aliphatic carbocycles. The van der Waals surface area contributed by atoms with Crippen LogP contribution < -0.4 is 10.6 Å². The Morgan fingerprint density at radius 2 is 1.65 bits per heavy atom. The van der Waals surface area contributed by atoms with E-state index in [4.69, 9.17) is 4.74 Å². The maximum Gasteiger partial charge on any atom is 0.407 e. The van der Waals surface area contributed by atoms with Gasteiger partial charge in [-0.15, -0.1) is 22.7 Å². The Bertz CT molecular complexity index is 1550. The summed E-state index contributed by atoms with van der Waals surface area (Å²) in [6, 6.07) is 19.4. The van der Waals surface area contributed by atoms with Gasteiger partial charge in [-0.25, -0.2) is 14.6 Å². The van der Waals surface area contributed by atoms with Gasteiger partial charge in [-0.3, -0.25) is 9.78 Å². The minimum absolute atomic E-state index is 0.0147. The maximum atomic E-state index is 14.0. The predicted molar refractivity (Wildman–Crippen MR) is 190 cm³/mol. The number of aromatic nitrogens is 2. The third kappa shape index (κ3) is 11.3. The van der Waals surface area contributed by atoms with E-state index in [-0.39, 0.29) is 42.3 Å². The van der Waals surface area contributed by atoms with Crippen LogP contribution in [0.2, 0.25) is 0 Å². The number of thiazole rings is 2. The molecule has 0 radical (unpaired) electrons. The number of benzene rings is 2. The summed E-state index contributed by atoms with van der Waals surface area (Å²) in [6.07, 6.45) is 6.22. The molecule has 9 nitrogen and oxygen atoms in total. The number of Topliss-reactive ketones (excluding diaryl/α,β-unsaturated/α-hetero) is 1. The Kier molecular flexibility index (Phi) is 13.1. The number of carbonyl (C=O) groups excluding carboxylic acids is 3. The molecule has 1 saturated carbocycles. The van der Waals surface area contributed by atoms with Crippen molar-refractivity contribution in [1.29, 1.82) is 0 Å². The number of carbonyl (C=O) groups is 3. The van der Waals surface area contributed by atoms with Gasteiger partial charge in [-0.1, -0.05) is 74.5 Å². The zero-order valence-corrected chi connectivity index (χ0v) is 29.3. The fraction of sp³-hybridized carbons (Fsp3) is 0.432. The van der Waals surface area contributed by atoms with Crippen LogP contribution in [0.25, 0.3) is 0 Å². The van der Waals surface area contributed by atoms with Crippen molar-refractivity contribution in [3.8, 4) is 0 Å². The highest BCUT2D eigenvalue weighted by atomic mass is 32.1. The first-order valence-corrected chi connectivity index (χ1v) is 18.5. The standard InChI is InChI=1S/C37H45N5O4S2/c1-26(2)35(41-36(44)42(32-15-16-32)21-31-23-47-25-39-31)34(43)19-29(17-27-9-5-3-6-10-27)13-14-30(18-28-11-7-4-8-12-28)40-37(45)46-22-33-20-38-24-48-33/h3-12,20,23-26,29-30,32,35H,13-19,21-22H2,1-2H3,(H,40,45)(H,41,44)/t29-,30-,35+/m1/s1. The van der Waals surface area contributed by atoms with Crippen LogP contribution in [0.3, 0.4) is 0 Å². The smallest absolute Gasteiger partial charge is 0.407 e. The molecule has 11 heteroatoms. The molecule has 3 atom stereocenters. The second-order valence-electron chi connectivity index (χ2n) is 12.9. The Hall–Kier alpha value is -4.09. The minimum Gasteiger partial charge on any atom is -0.444 e. The lowest BCUT2D eigenvalue weighted by molar-refractivity contribution is -0.122. The van der Waals surface area contributed by atoms with E-state index in [1.807, 2.05) is 60.5 Å².